The van der Waals surface area contributed by atoms with Gasteiger partial charge in [0.25, 0.3) is 15.6 Å². The van der Waals surface area contributed by atoms with E-state index < -0.39 is 10.0 Å². The van der Waals surface area contributed by atoms with E-state index >= 15 is 0 Å². The summed E-state index contributed by atoms with van der Waals surface area (Å²) in [6, 6.07) is 10.6. The first-order chi connectivity index (χ1) is 11.9. The van der Waals surface area contributed by atoms with Gasteiger partial charge in [0.1, 0.15) is 5.75 Å². The van der Waals surface area contributed by atoms with Gasteiger partial charge in [-0.1, -0.05) is 0 Å². The van der Waals surface area contributed by atoms with Gasteiger partial charge in [0, 0.05) is 11.8 Å². The number of rotatable bonds is 5. The lowest BCUT2D eigenvalue weighted by molar-refractivity contribution is 0.414. The largest absolute Gasteiger partial charge is 0.497 e. The van der Waals surface area contributed by atoms with Gasteiger partial charge in [-0.3, -0.25) is 14.6 Å². The number of hydrogen-bond acceptors (Lipinski definition) is 5. The number of nitrogens with zero attached hydrogens (tertiary/aromatic N) is 2. The van der Waals surface area contributed by atoms with Crippen LogP contribution in [0.15, 0.2) is 58.4 Å². The number of benzene rings is 1. The Hall–Kier alpha value is -3.07. The predicted octanol–water partition coefficient (Wildman–Crippen LogP) is 1.68. The Labute approximate surface area is 144 Å². The van der Waals surface area contributed by atoms with Gasteiger partial charge in [0.15, 0.2) is 5.82 Å². The molecule has 0 aliphatic rings. The first kappa shape index (κ1) is 16.8. The minimum atomic E-state index is -3.74. The number of aryl methyl sites for hydroxylation is 1. The maximum absolute atomic E-state index is 12.4. The fourth-order valence-corrected chi connectivity index (χ4v) is 3.27. The number of aromatic nitrogens is 3. The molecule has 3 aromatic rings. The van der Waals surface area contributed by atoms with Crippen LogP contribution in [0.1, 0.15) is 5.69 Å². The van der Waals surface area contributed by atoms with Crippen molar-refractivity contribution in [1.82, 2.24) is 14.8 Å². The van der Waals surface area contributed by atoms with Crippen LogP contribution in [0.2, 0.25) is 0 Å². The summed E-state index contributed by atoms with van der Waals surface area (Å²) in [5.74, 6) is 0.933. The van der Waals surface area contributed by atoms with Crippen molar-refractivity contribution in [2.24, 2.45) is 0 Å². The van der Waals surface area contributed by atoms with Gasteiger partial charge in [-0.05, 0) is 43.3 Å². The molecule has 25 heavy (non-hydrogen) atoms. The monoisotopic (exact) mass is 360 g/mol. The number of anilines is 1. The maximum atomic E-state index is 12.4. The van der Waals surface area contributed by atoms with Crippen molar-refractivity contribution >= 4 is 15.7 Å². The highest BCUT2D eigenvalue weighted by molar-refractivity contribution is 7.92. The Bertz CT molecular complexity index is 1030. The third-order valence-electron chi connectivity index (χ3n) is 3.45. The number of ether oxygens (including phenoxy) is 1. The van der Waals surface area contributed by atoms with Crippen LogP contribution in [0.4, 0.5) is 5.69 Å². The fourth-order valence-electron chi connectivity index (χ4n) is 2.23. The molecule has 0 unspecified atom stereocenters. The number of methoxy groups -OCH3 is 1. The Morgan fingerprint density at radius 3 is 2.40 bits per heavy atom. The van der Waals surface area contributed by atoms with E-state index in [1.165, 1.54) is 42.3 Å². The zero-order valence-electron chi connectivity index (χ0n) is 13.6. The van der Waals surface area contributed by atoms with Crippen molar-refractivity contribution in [2.45, 2.75) is 11.8 Å². The van der Waals surface area contributed by atoms with Crippen LogP contribution in [0.3, 0.4) is 0 Å². The Morgan fingerprint density at radius 2 is 1.88 bits per heavy atom. The molecule has 8 nitrogen and oxygen atoms in total. The number of sulfonamides is 1. The molecular formula is C16H16N4O4S. The third-order valence-corrected chi connectivity index (χ3v) is 4.84. The number of nitrogens with one attached hydrogen (secondary N) is 2. The van der Waals surface area contributed by atoms with Crippen molar-refractivity contribution in [2.75, 3.05) is 11.8 Å². The average Bonchev–Trinajstić information content (AvgIpc) is 2.93. The number of pyridine rings is 1. The molecule has 0 aliphatic carbocycles. The van der Waals surface area contributed by atoms with Crippen LogP contribution in [-0.4, -0.2) is 30.3 Å². The molecule has 2 heterocycles. The van der Waals surface area contributed by atoms with Crippen LogP contribution in [0, 0.1) is 6.92 Å². The summed E-state index contributed by atoms with van der Waals surface area (Å²) in [5, 5.41) is 2.86. The molecule has 0 saturated heterocycles. The lowest BCUT2D eigenvalue weighted by Gasteiger charge is -2.09. The summed E-state index contributed by atoms with van der Waals surface area (Å²) in [7, 11) is -2.24. The van der Waals surface area contributed by atoms with Gasteiger partial charge in [-0.2, -0.15) is 0 Å². The van der Waals surface area contributed by atoms with E-state index in [1.54, 1.807) is 25.1 Å². The lowest BCUT2D eigenvalue weighted by atomic mass is 10.3. The van der Waals surface area contributed by atoms with Gasteiger partial charge in [0.2, 0.25) is 0 Å². The highest BCUT2D eigenvalue weighted by atomic mass is 32.2. The van der Waals surface area contributed by atoms with Gasteiger partial charge < -0.3 is 4.74 Å². The van der Waals surface area contributed by atoms with E-state index in [4.69, 9.17) is 4.74 Å². The Morgan fingerprint density at radius 1 is 1.16 bits per heavy atom. The molecule has 1 aromatic carbocycles. The van der Waals surface area contributed by atoms with Gasteiger partial charge in [-0.15, -0.1) is 0 Å². The second-order valence-electron chi connectivity index (χ2n) is 5.30. The second-order valence-corrected chi connectivity index (χ2v) is 6.98. The highest BCUT2D eigenvalue weighted by Crippen LogP contribution is 2.19. The summed E-state index contributed by atoms with van der Waals surface area (Å²) >= 11 is 0. The van der Waals surface area contributed by atoms with Crippen LogP contribution < -0.4 is 15.0 Å². The van der Waals surface area contributed by atoms with E-state index in [-0.39, 0.29) is 16.1 Å². The van der Waals surface area contributed by atoms with Crippen LogP contribution in [-0.2, 0) is 10.0 Å². The minimum absolute atomic E-state index is 0.105. The van der Waals surface area contributed by atoms with E-state index in [1.807, 2.05) is 0 Å². The molecule has 130 valence electrons. The third kappa shape index (κ3) is 3.56. The Kier molecular flexibility index (Phi) is 4.32. The number of hydrogen-bond donors (Lipinski definition) is 2. The van der Waals surface area contributed by atoms with Crippen LogP contribution in [0.25, 0.3) is 5.82 Å². The standard InChI is InChI=1S/C16H16N4O4S/c1-11-9-16(21)20(18-11)15-8-3-12(10-17-15)19-25(22,23)14-6-4-13(24-2)5-7-14/h3-10,18-19H,1-2H3. The van der Waals surface area contributed by atoms with Crippen molar-refractivity contribution in [3.8, 4) is 11.6 Å². The summed E-state index contributed by atoms with van der Waals surface area (Å²) in [4.78, 5) is 16.0. The molecule has 2 N–H and O–H groups in total. The molecule has 0 aliphatic heterocycles. The van der Waals surface area contributed by atoms with Gasteiger partial charge >= 0.3 is 0 Å². The molecule has 0 bridgehead atoms. The van der Waals surface area contributed by atoms with Crippen molar-refractivity contribution in [3.63, 3.8) is 0 Å². The molecule has 3 rings (SSSR count). The molecule has 0 fully saturated rings. The van der Waals surface area contributed by atoms with Crippen molar-refractivity contribution in [3.05, 3.63) is 64.7 Å². The summed E-state index contributed by atoms with van der Waals surface area (Å²) in [6.07, 6.45) is 1.35. The summed E-state index contributed by atoms with van der Waals surface area (Å²) < 4.78 is 33.5. The maximum Gasteiger partial charge on any atom is 0.272 e. The summed E-state index contributed by atoms with van der Waals surface area (Å²) in [5.41, 5.74) is 0.753. The first-order valence-corrected chi connectivity index (χ1v) is 8.79. The van der Waals surface area contributed by atoms with Crippen LogP contribution in [0.5, 0.6) is 5.75 Å². The number of H-pyrrole nitrogens is 1. The van der Waals surface area contributed by atoms with E-state index in [2.05, 4.69) is 14.8 Å². The zero-order valence-corrected chi connectivity index (χ0v) is 14.4. The fraction of sp³-hybridized carbons (Fsp3) is 0.125. The average molecular weight is 360 g/mol. The van der Waals surface area contributed by atoms with E-state index in [0.29, 0.717) is 17.3 Å². The van der Waals surface area contributed by atoms with Crippen molar-refractivity contribution < 1.29 is 13.2 Å². The normalized spacial score (nSPS) is 11.3. The Balaban J connectivity index is 1.82. The highest BCUT2D eigenvalue weighted by Gasteiger charge is 2.14. The molecule has 0 amide bonds. The molecule has 0 radical (unpaired) electrons. The van der Waals surface area contributed by atoms with E-state index in [0.717, 1.165) is 0 Å². The second kappa shape index (κ2) is 6.44. The minimum Gasteiger partial charge on any atom is -0.497 e. The number of aromatic amines is 1. The lowest BCUT2D eigenvalue weighted by Crippen LogP contribution is -2.16. The SMILES string of the molecule is COc1ccc(S(=O)(=O)Nc2ccc(-n3[nH]c(C)cc3=O)nc2)cc1. The topological polar surface area (TPSA) is 106 Å². The molecular weight excluding hydrogens is 344 g/mol. The van der Waals surface area contributed by atoms with Gasteiger partial charge in [0.05, 0.1) is 23.9 Å². The molecule has 2 aromatic heterocycles. The molecule has 0 saturated carbocycles. The van der Waals surface area contributed by atoms with Gasteiger partial charge in [-0.25, -0.2) is 18.1 Å². The molecule has 0 atom stereocenters. The molecule has 9 heteroatoms. The predicted molar refractivity (Wildman–Crippen MR) is 92.7 cm³/mol. The van der Waals surface area contributed by atoms with E-state index in [9.17, 15) is 13.2 Å². The first-order valence-electron chi connectivity index (χ1n) is 7.31. The van der Waals surface area contributed by atoms with Crippen LogP contribution >= 0.6 is 0 Å². The van der Waals surface area contributed by atoms with Crippen molar-refractivity contribution in [1.29, 1.82) is 0 Å². The smallest absolute Gasteiger partial charge is 0.272 e. The zero-order chi connectivity index (χ0) is 18.0. The quantitative estimate of drug-likeness (QED) is 0.720. The summed E-state index contributed by atoms with van der Waals surface area (Å²) in [6.45, 7) is 1.76. The molecule has 0 spiro atoms.